The van der Waals surface area contributed by atoms with Gasteiger partial charge < -0.3 is 15.2 Å². The SMILES string of the molecule is COc1cc(C(F)(F)F)cc(SC)c1C(=O)N[C@@H]1CCC[C@@H]1N1CCC(O)C1. The summed E-state index contributed by atoms with van der Waals surface area (Å²) >= 11 is 1.08. The van der Waals surface area contributed by atoms with Gasteiger partial charge in [0.25, 0.3) is 5.91 Å². The monoisotopic (exact) mass is 418 g/mol. The lowest BCUT2D eigenvalue weighted by molar-refractivity contribution is -0.137. The van der Waals surface area contributed by atoms with E-state index >= 15 is 0 Å². The molecule has 1 aliphatic carbocycles. The maximum atomic E-state index is 13.1. The summed E-state index contributed by atoms with van der Waals surface area (Å²) in [6.07, 6.45) is 0.199. The number of hydrogen-bond donors (Lipinski definition) is 2. The third-order valence-corrected chi connectivity index (χ3v) is 6.28. The highest BCUT2D eigenvalue weighted by Gasteiger charge is 2.38. The average Bonchev–Trinajstić information content (AvgIpc) is 3.28. The number of hydrogen-bond acceptors (Lipinski definition) is 5. The topological polar surface area (TPSA) is 61.8 Å². The van der Waals surface area contributed by atoms with Crippen LogP contribution in [0.25, 0.3) is 0 Å². The van der Waals surface area contributed by atoms with Crippen molar-refractivity contribution in [2.45, 2.75) is 54.9 Å². The summed E-state index contributed by atoms with van der Waals surface area (Å²) in [4.78, 5) is 15.4. The number of likely N-dealkylation sites (tertiary alicyclic amines) is 1. The number of carbonyl (C=O) groups excluding carboxylic acids is 1. The van der Waals surface area contributed by atoms with Crippen molar-refractivity contribution >= 4 is 17.7 Å². The van der Waals surface area contributed by atoms with Crippen LogP contribution in [0.5, 0.6) is 5.75 Å². The van der Waals surface area contributed by atoms with Gasteiger partial charge in [-0.25, -0.2) is 0 Å². The largest absolute Gasteiger partial charge is 0.496 e. The quantitative estimate of drug-likeness (QED) is 0.720. The number of thioether (sulfide) groups is 1. The van der Waals surface area contributed by atoms with E-state index in [9.17, 15) is 23.1 Å². The standard InChI is InChI=1S/C19H25F3N2O3S/c1-27-15-8-11(19(20,21)22)9-16(28-2)17(15)18(26)23-13-4-3-5-14(13)24-7-6-12(25)10-24/h8-9,12-14,25H,3-7,10H2,1-2H3,(H,23,26)/t12?,13-,14+/m1/s1. The molecule has 0 radical (unpaired) electrons. The molecule has 0 spiro atoms. The molecule has 2 aliphatic rings. The van der Waals surface area contributed by atoms with Gasteiger partial charge in [0.15, 0.2) is 0 Å². The summed E-state index contributed by atoms with van der Waals surface area (Å²) in [5.74, 6) is -0.505. The number of benzene rings is 1. The fourth-order valence-corrected chi connectivity index (χ4v) is 4.80. The number of β-amino-alcohol motifs (C(OH)–C–C–N with tert-alkyl or cyclic N) is 1. The van der Waals surface area contributed by atoms with E-state index in [1.165, 1.54) is 7.11 Å². The van der Waals surface area contributed by atoms with Gasteiger partial charge in [-0.05, 0) is 44.1 Å². The summed E-state index contributed by atoms with van der Waals surface area (Å²) < 4.78 is 44.6. The molecule has 0 bridgehead atoms. The van der Waals surface area contributed by atoms with Gasteiger partial charge in [0.05, 0.1) is 24.3 Å². The lowest BCUT2D eigenvalue weighted by Crippen LogP contribution is -2.48. The molecule has 1 heterocycles. The number of rotatable bonds is 5. The molecule has 156 valence electrons. The van der Waals surface area contributed by atoms with Crippen LogP contribution in [0.2, 0.25) is 0 Å². The summed E-state index contributed by atoms with van der Waals surface area (Å²) in [6, 6.07) is 1.90. The first-order chi connectivity index (χ1) is 13.2. The molecule has 1 aromatic rings. The highest BCUT2D eigenvalue weighted by Crippen LogP contribution is 2.38. The number of amides is 1. The van der Waals surface area contributed by atoms with Crippen LogP contribution in [-0.4, -0.2) is 60.6 Å². The van der Waals surface area contributed by atoms with E-state index in [0.717, 1.165) is 56.1 Å². The first-order valence-electron chi connectivity index (χ1n) is 9.30. The molecule has 3 rings (SSSR count). The smallest absolute Gasteiger partial charge is 0.416 e. The van der Waals surface area contributed by atoms with E-state index in [4.69, 9.17) is 4.74 Å². The lowest BCUT2D eigenvalue weighted by Gasteiger charge is -2.30. The van der Waals surface area contributed by atoms with Gasteiger partial charge >= 0.3 is 6.18 Å². The third kappa shape index (κ3) is 4.41. The summed E-state index contributed by atoms with van der Waals surface area (Å²) in [5, 5.41) is 12.8. The van der Waals surface area contributed by atoms with Crippen LogP contribution in [0, 0.1) is 0 Å². The molecule has 1 saturated carbocycles. The van der Waals surface area contributed by atoms with Gasteiger partial charge in [-0.15, -0.1) is 11.8 Å². The number of ether oxygens (including phenoxy) is 1. The van der Waals surface area contributed by atoms with E-state index in [-0.39, 0.29) is 34.4 Å². The third-order valence-electron chi connectivity index (χ3n) is 5.52. The molecule has 3 atom stereocenters. The second-order valence-corrected chi connectivity index (χ2v) is 8.12. The van der Waals surface area contributed by atoms with Crippen molar-refractivity contribution in [2.24, 2.45) is 0 Å². The first kappa shape index (κ1) is 21.3. The minimum Gasteiger partial charge on any atom is -0.496 e. The summed E-state index contributed by atoms with van der Waals surface area (Å²) in [7, 11) is 1.26. The minimum absolute atomic E-state index is 0.0807. The van der Waals surface area contributed by atoms with Crippen molar-refractivity contribution in [1.29, 1.82) is 0 Å². The Balaban J connectivity index is 1.83. The number of nitrogens with zero attached hydrogens (tertiary/aromatic N) is 1. The zero-order chi connectivity index (χ0) is 20.5. The Kier molecular flexibility index (Phi) is 6.46. The van der Waals surface area contributed by atoms with E-state index in [1.807, 2.05) is 0 Å². The molecule has 2 N–H and O–H groups in total. The highest BCUT2D eigenvalue weighted by molar-refractivity contribution is 7.98. The molecule has 9 heteroatoms. The fraction of sp³-hybridized carbons (Fsp3) is 0.632. The molecule has 28 heavy (non-hydrogen) atoms. The van der Waals surface area contributed by atoms with Crippen molar-refractivity contribution in [3.8, 4) is 5.75 Å². The van der Waals surface area contributed by atoms with Gasteiger partial charge in [-0.1, -0.05) is 0 Å². The Morgan fingerprint density at radius 3 is 2.64 bits per heavy atom. The zero-order valence-corrected chi connectivity index (χ0v) is 16.7. The van der Waals surface area contributed by atoms with E-state index < -0.39 is 17.6 Å². The van der Waals surface area contributed by atoms with Crippen LogP contribution in [0.3, 0.4) is 0 Å². The van der Waals surface area contributed by atoms with Crippen LogP contribution < -0.4 is 10.1 Å². The lowest BCUT2D eigenvalue weighted by atomic mass is 10.1. The second-order valence-electron chi connectivity index (χ2n) is 7.27. The van der Waals surface area contributed by atoms with Gasteiger partial charge in [0.2, 0.25) is 0 Å². The van der Waals surface area contributed by atoms with Crippen molar-refractivity contribution < 1.29 is 27.8 Å². The molecule has 2 fully saturated rings. The number of aliphatic hydroxyl groups is 1. The molecule has 1 saturated heterocycles. The van der Waals surface area contributed by atoms with Crippen LogP contribution in [0.4, 0.5) is 13.2 Å². The molecule has 1 unspecified atom stereocenters. The van der Waals surface area contributed by atoms with Crippen LogP contribution >= 0.6 is 11.8 Å². The van der Waals surface area contributed by atoms with Gasteiger partial charge in [-0.2, -0.15) is 13.2 Å². The highest BCUT2D eigenvalue weighted by atomic mass is 32.2. The Morgan fingerprint density at radius 1 is 1.32 bits per heavy atom. The normalized spacial score (nSPS) is 25.9. The predicted octanol–water partition coefficient (Wildman–Crippen LogP) is 3.15. The maximum Gasteiger partial charge on any atom is 0.416 e. The van der Waals surface area contributed by atoms with Gasteiger partial charge in [0.1, 0.15) is 5.75 Å². The molecular formula is C19H25F3N2O3S. The predicted molar refractivity (Wildman–Crippen MR) is 101 cm³/mol. The number of aliphatic hydroxyl groups excluding tert-OH is 1. The van der Waals surface area contributed by atoms with Crippen LogP contribution in [0.15, 0.2) is 17.0 Å². The van der Waals surface area contributed by atoms with Crippen molar-refractivity contribution in [3.63, 3.8) is 0 Å². The first-order valence-corrected chi connectivity index (χ1v) is 10.5. The summed E-state index contributed by atoms with van der Waals surface area (Å²) in [6.45, 7) is 1.38. The van der Waals surface area contributed by atoms with Crippen LogP contribution in [0.1, 0.15) is 41.6 Å². The van der Waals surface area contributed by atoms with E-state index in [2.05, 4.69) is 10.2 Å². The number of halogens is 3. The fourth-order valence-electron chi connectivity index (χ4n) is 4.16. The number of methoxy groups -OCH3 is 1. The average molecular weight is 418 g/mol. The number of alkyl halides is 3. The van der Waals surface area contributed by atoms with Crippen molar-refractivity contribution in [3.05, 3.63) is 23.3 Å². The Hall–Kier alpha value is -1.45. The molecule has 1 amide bonds. The second kappa shape index (κ2) is 8.51. The van der Waals surface area contributed by atoms with E-state index in [0.29, 0.717) is 6.54 Å². The van der Waals surface area contributed by atoms with Crippen LogP contribution in [-0.2, 0) is 6.18 Å². The van der Waals surface area contributed by atoms with Crippen molar-refractivity contribution in [2.75, 3.05) is 26.5 Å². The Bertz CT molecular complexity index is 704. The Labute approximate surface area is 166 Å². The van der Waals surface area contributed by atoms with Gasteiger partial charge in [0, 0.05) is 30.1 Å². The van der Waals surface area contributed by atoms with Gasteiger partial charge in [-0.3, -0.25) is 9.69 Å². The zero-order valence-electron chi connectivity index (χ0n) is 15.9. The summed E-state index contributed by atoms with van der Waals surface area (Å²) in [5.41, 5.74) is -0.704. The van der Waals surface area contributed by atoms with E-state index in [1.54, 1.807) is 6.26 Å². The molecule has 1 aliphatic heterocycles. The molecule has 0 aromatic heterocycles. The molecular weight excluding hydrogens is 393 g/mol. The Morgan fingerprint density at radius 2 is 2.07 bits per heavy atom. The maximum absolute atomic E-state index is 13.1. The number of carbonyl (C=O) groups is 1. The number of nitrogens with one attached hydrogen (secondary N) is 1. The minimum atomic E-state index is -4.51. The van der Waals surface area contributed by atoms with Crippen molar-refractivity contribution in [1.82, 2.24) is 10.2 Å². The molecule has 5 nitrogen and oxygen atoms in total. The molecule has 1 aromatic carbocycles.